The van der Waals surface area contributed by atoms with Crippen molar-refractivity contribution in [2.24, 2.45) is 5.73 Å². The SMILES string of the molecule is CC(N)C(Oc1ccc(F)c(F)c1)c1ccc(Br)s1. The van der Waals surface area contributed by atoms with Gasteiger partial charge < -0.3 is 10.5 Å². The maximum atomic E-state index is 13.1. The van der Waals surface area contributed by atoms with E-state index in [1.165, 1.54) is 17.4 Å². The van der Waals surface area contributed by atoms with Crippen LogP contribution in [0.25, 0.3) is 0 Å². The van der Waals surface area contributed by atoms with Crippen LogP contribution in [0, 0.1) is 11.6 Å². The molecule has 0 bridgehead atoms. The van der Waals surface area contributed by atoms with Crippen molar-refractivity contribution in [3.63, 3.8) is 0 Å². The van der Waals surface area contributed by atoms with Crippen LogP contribution < -0.4 is 10.5 Å². The van der Waals surface area contributed by atoms with E-state index in [1.54, 1.807) is 6.92 Å². The zero-order chi connectivity index (χ0) is 14.0. The highest BCUT2D eigenvalue weighted by Gasteiger charge is 2.20. The fourth-order valence-corrected chi connectivity index (χ4v) is 3.17. The molecule has 0 saturated carbocycles. The van der Waals surface area contributed by atoms with Gasteiger partial charge in [0.15, 0.2) is 11.6 Å². The molecule has 0 aliphatic carbocycles. The van der Waals surface area contributed by atoms with E-state index < -0.39 is 17.7 Å². The van der Waals surface area contributed by atoms with Crippen LogP contribution in [-0.4, -0.2) is 6.04 Å². The highest BCUT2D eigenvalue weighted by atomic mass is 79.9. The van der Waals surface area contributed by atoms with E-state index >= 15 is 0 Å². The van der Waals surface area contributed by atoms with Crippen molar-refractivity contribution in [1.29, 1.82) is 0 Å². The minimum atomic E-state index is -0.937. The lowest BCUT2D eigenvalue weighted by Gasteiger charge is -2.21. The van der Waals surface area contributed by atoms with Crippen LogP contribution in [-0.2, 0) is 0 Å². The molecule has 0 aliphatic rings. The summed E-state index contributed by atoms with van der Waals surface area (Å²) in [4.78, 5) is 0.923. The average molecular weight is 348 g/mol. The van der Waals surface area contributed by atoms with Crippen LogP contribution in [0.3, 0.4) is 0 Å². The number of hydrogen-bond acceptors (Lipinski definition) is 3. The molecule has 0 aliphatic heterocycles. The molecule has 2 atom stereocenters. The Morgan fingerprint density at radius 3 is 2.47 bits per heavy atom. The predicted molar refractivity (Wildman–Crippen MR) is 75.4 cm³/mol. The molecule has 0 radical (unpaired) electrons. The van der Waals surface area contributed by atoms with Crippen molar-refractivity contribution in [2.45, 2.75) is 19.1 Å². The van der Waals surface area contributed by atoms with Crippen molar-refractivity contribution in [2.75, 3.05) is 0 Å². The molecule has 0 fully saturated rings. The Kier molecular flexibility index (Phi) is 4.54. The summed E-state index contributed by atoms with van der Waals surface area (Å²) in [6, 6.07) is 6.95. The van der Waals surface area contributed by atoms with Crippen molar-refractivity contribution < 1.29 is 13.5 Å². The molecule has 19 heavy (non-hydrogen) atoms. The standard InChI is InChI=1S/C13H12BrF2NOS/c1-7(17)13(11-4-5-12(14)19-11)18-8-2-3-9(15)10(16)6-8/h2-7,13H,17H2,1H3. The number of benzene rings is 1. The highest BCUT2D eigenvalue weighted by Crippen LogP contribution is 2.32. The van der Waals surface area contributed by atoms with Gasteiger partial charge in [0.05, 0.1) is 3.79 Å². The predicted octanol–water partition coefficient (Wildman–Crippen LogP) is 4.26. The molecule has 1 aromatic heterocycles. The molecule has 2 aromatic rings. The van der Waals surface area contributed by atoms with E-state index in [9.17, 15) is 8.78 Å². The summed E-state index contributed by atoms with van der Waals surface area (Å²) in [7, 11) is 0. The fraction of sp³-hybridized carbons (Fsp3) is 0.231. The van der Waals surface area contributed by atoms with Crippen LogP contribution in [0.5, 0.6) is 5.75 Å². The molecular weight excluding hydrogens is 336 g/mol. The number of halogens is 3. The lowest BCUT2D eigenvalue weighted by atomic mass is 10.1. The molecule has 2 nitrogen and oxygen atoms in total. The highest BCUT2D eigenvalue weighted by molar-refractivity contribution is 9.11. The summed E-state index contributed by atoms with van der Waals surface area (Å²) in [6.45, 7) is 1.80. The van der Waals surface area contributed by atoms with E-state index in [1.807, 2.05) is 12.1 Å². The number of thiophene rings is 1. The zero-order valence-corrected chi connectivity index (χ0v) is 12.5. The van der Waals surface area contributed by atoms with Crippen molar-refractivity contribution >= 4 is 27.3 Å². The maximum absolute atomic E-state index is 13.1. The Bertz CT molecular complexity index is 574. The summed E-state index contributed by atoms with van der Waals surface area (Å²) in [6.07, 6.45) is -0.402. The van der Waals surface area contributed by atoms with E-state index in [4.69, 9.17) is 10.5 Å². The minimum Gasteiger partial charge on any atom is -0.483 e. The topological polar surface area (TPSA) is 35.2 Å². The van der Waals surface area contributed by atoms with Gasteiger partial charge in [0.1, 0.15) is 11.9 Å². The van der Waals surface area contributed by atoms with Gasteiger partial charge in [0, 0.05) is 17.0 Å². The number of hydrogen-bond donors (Lipinski definition) is 1. The molecule has 1 heterocycles. The zero-order valence-electron chi connectivity index (χ0n) is 10.1. The summed E-state index contributed by atoms with van der Waals surface area (Å²) in [5.74, 6) is -1.58. The van der Waals surface area contributed by atoms with Gasteiger partial charge in [-0.1, -0.05) is 0 Å². The molecule has 0 amide bonds. The first kappa shape index (κ1) is 14.4. The molecule has 1 aromatic carbocycles. The fourth-order valence-electron chi connectivity index (χ4n) is 1.60. The van der Waals surface area contributed by atoms with E-state index in [2.05, 4.69) is 15.9 Å². The average Bonchev–Trinajstić information content (AvgIpc) is 2.76. The van der Waals surface area contributed by atoms with Gasteiger partial charge in [0.2, 0.25) is 0 Å². The second kappa shape index (κ2) is 5.98. The molecule has 2 unspecified atom stereocenters. The monoisotopic (exact) mass is 347 g/mol. The van der Waals surface area contributed by atoms with Gasteiger partial charge in [-0.15, -0.1) is 11.3 Å². The summed E-state index contributed by atoms with van der Waals surface area (Å²) in [5.41, 5.74) is 5.89. The number of rotatable bonds is 4. The Morgan fingerprint density at radius 2 is 1.95 bits per heavy atom. The summed E-state index contributed by atoms with van der Waals surface area (Å²) in [5, 5.41) is 0. The lowest BCUT2D eigenvalue weighted by Crippen LogP contribution is -2.28. The van der Waals surface area contributed by atoms with Crippen LogP contribution >= 0.6 is 27.3 Å². The quantitative estimate of drug-likeness (QED) is 0.896. The van der Waals surface area contributed by atoms with Crippen LogP contribution in [0.4, 0.5) is 8.78 Å². The van der Waals surface area contributed by atoms with Gasteiger partial charge in [-0.3, -0.25) is 0 Å². The van der Waals surface area contributed by atoms with Gasteiger partial charge >= 0.3 is 0 Å². The first-order valence-electron chi connectivity index (χ1n) is 5.60. The van der Waals surface area contributed by atoms with Crippen LogP contribution in [0.2, 0.25) is 0 Å². The van der Waals surface area contributed by atoms with Gasteiger partial charge in [-0.05, 0) is 47.1 Å². The van der Waals surface area contributed by atoms with E-state index in [0.717, 1.165) is 20.8 Å². The number of ether oxygens (including phenoxy) is 1. The van der Waals surface area contributed by atoms with Crippen molar-refractivity contribution in [3.8, 4) is 5.75 Å². The summed E-state index contributed by atoms with van der Waals surface area (Å²) >= 11 is 4.86. The third kappa shape index (κ3) is 3.52. The smallest absolute Gasteiger partial charge is 0.162 e. The Hall–Kier alpha value is -0.980. The largest absolute Gasteiger partial charge is 0.483 e. The van der Waals surface area contributed by atoms with Crippen LogP contribution in [0.1, 0.15) is 17.9 Å². The summed E-state index contributed by atoms with van der Waals surface area (Å²) < 4.78 is 32.6. The molecule has 2 N–H and O–H groups in total. The Morgan fingerprint density at radius 1 is 1.21 bits per heavy atom. The minimum absolute atomic E-state index is 0.255. The van der Waals surface area contributed by atoms with Gasteiger partial charge in [-0.25, -0.2) is 8.78 Å². The molecule has 6 heteroatoms. The molecule has 0 spiro atoms. The lowest BCUT2D eigenvalue weighted by molar-refractivity contribution is 0.183. The Labute approximate surface area is 122 Å². The normalized spacial score (nSPS) is 14.2. The van der Waals surface area contributed by atoms with E-state index in [-0.39, 0.29) is 11.8 Å². The third-order valence-corrected chi connectivity index (χ3v) is 4.19. The van der Waals surface area contributed by atoms with Crippen molar-refractivity contribution in [3.05, 3.63) is 50.6 Å². The van der Waals surface area contributed by atoms with Crippen LogP contribution in [0.15, 0.2) is 34.1 Å². The molecule has 102 valence electrons. The van der Waals surface area contributed by atoms with Crippen molar-refractivity contribution in [1.82, 2.24) is 0 Å². The van der Waals surface area contributed by atoms with Gasteiger partial charge in [0.25, 0.3) is 0 Å². The number of nitrogens with two attached hydrogens (primary N) is 1. The van der Waals surface area contributed by atoms with Gasteiger partial charge in [-0.2, -0.15) is 0 Å². The molecule has 2 rings (SSSR count). The molecule has 0 saturated heterocycles. The Balaban J connectivity index is 2.23. The third-order valence-electron chi connectivity index (χ3n) is 2.51. The first-order valence-corrected chi connectivity index (χ1v) is 7.21. The maximum Gasteiger partial charge on any atom is 0.162 e. The molecular formula is C13H12BrF2NOS. The first-order chi connectivity index (χ1) is 8.97. The van der Waals surface area contributed by atoms with E-state index in [0.29, 0.717) is 0 Å². The second-order valence-electron chi connectivity index (χ2n) is 4.12. The second-order valence-corrected chi connectivity index (χ2v) is 6.61.